The van der Waals surface area contributed by atoms with E-state index >= 15 is 0 Å². The minimum atomic E-state index is -0.342. The van der Waals surface area contributed by atoms with E-state index in [-0.39, 0.29) is 11.7 Å². The third kappa shape index (κ3) is 4.04. The molecule has 0 aromatic heterocycles. The lowest BCUT2D eigenvalue weighted by Gasteiger charge is -2.34. The molecule has 0 unspecified atom stereocenters. The molecule has 1 fully saturated rings. The molecule has 3 rings (SSSR count). The average Bonchev–Trinajstić information content (AvgIpc) is 2.65. The van der Waals surface area contributed by atoms with Gasteiger partial charge in [-0.15, -0.1) is 0 Å². The van der Waals surface area contributed by atoms with E-state index in [1.807, 2.05) is 24.3 Å². The first-order valence-electron chi connectivity index (χ1n) is 8.33. The summed E-state index contributed by atoms with van der Waals surface area (Å²) in [6, 6.07) is 14.3. The highest BCUT2D eigenvalue weighted by atomic mass is 19.1. The number of halogens is 1. The molecule has 1 aliphatic heterocycles. The summed E-state index contributed by atoms with van der Waals surface area (Å²) in [5, 5.41) is 8.84. The summed E-state index contributed by atoms with van der Waals surface area (Å²) < 4.78 is 13.7. The third-order valence-electron chi connectivity index (χ3n) is 4.57. The molecule has 1 saturated heterocycles. The summed E-state index contributed by atoms with van der Waals surface area (Å²) in [7, 11) is 0. The van der Waals surface area contributed by atoms with Gasteiger partial charge in [0.25, 0.3) is 5.91 Å². The van der Waals surface area contributed by atoms with Gasteiger partial charge in [-0.05, 0) is 42.3 Å². The summed E-state index contributed by atoms with van der Waals surface area (Å²) in [6.45, 7) is 5.30. The van der Waals surface area contributed by atoms with Crippen LogP contribution in [0.15, 0.2) is 42.5 Å². The van der Waals surface area contributed by atoms with Gasteiger partial charge in [0.1, 0.15) is 5.82 Å². The Morgan fingerprint density at radius 2 is 1.80 bits per heavy atom. The zero-order valence-corrected chi connectivity index (χ0v) is 14.2. The maximum atomic E-state index is 13.7. The van der Waals surface area contributed by atoms with Crippen LogP contribution < -0.4 is 0 Å². The predicted octanol–water partition coefficient (Wildman–Crippen LogP) is 2.96. The van der Waals surface area contributed by atoms with Crippen molar-refractivity contribution in [2.45, 2.75) is 13.5 Å². The molecule has 128 valence electrons. The van der Waals surface area contributed by atoms with Crippen molar-refractivity contribution >= 4 is 5.91 Å². The number of carbonyl (C=O) groups excluding carboxylic acids is 1. The van der Waals surface area contributed by atoms with E-state index in [9.17, 15) is 9.18 Å². The highest BCUT2D eigenvalue weighted by Gasteiger charge is 2.22. The molecule has 4 nitrogen and oxygen atoms in total. The highest BCUT2D eigenvalue weighted by molar-refractivity contribution is 5.94. The summed E-state index contributed by atoms with van der Waals surface area (Å²) in [6.07, 6.45) is 0. The molecular formula is C20H20FN3O. The van der Waals surface area contributed by atoms with Crippen LogP contribution in [0.2, 0.25) is 0 Å². The van der Waals surface area contributed by atoms with Crippen molar-refractivity contribution in [2.75, 3.05) is 26.2 Å². The summed E-state index contributed by atoms with van der Waals surface area (Å²) in [4.78, 5) is 16.6. The second kappa shape index (κ2) is 7.45. The van der Waals surface area contributed by atoms with Gasteiger partial charge in [-0.1, -0.05) is 18.2 Å². The summed E-state index contributed by atoms with van der Waals surface area (Å²) in [5.41, 5.74) is 2.76. The predicted molar refractivity (Wildman–Crippen MR) is 93.5 cm³/mol. The Morgan fingerprint density at radius 1 is 1.12 bits per heavy atom. The molecule has 0 spiro atoms. The van der Waals surface area contributed by atoms with Crippen molar-refractivity contribution in [3.05, 3.63) is 70.5 Å². The van der Waals surface area contributed by atoms with Crippen LogP contribution in [0.4, 0.5) is 4.39 Å². The van der Waals surface area contributed by atoms with Gasteiger partial charge in [0.15, 0.2) is 0 Å². The van der Waals surface area contributed by atoms with Gasteiger partial charge in [0.2, 0.25) is 0 Å². The van der Waals surface area contributed by atoms with Gasteiger partial charge in [0.05, 0.1) is 11.6 Å². The molecule has 0 radical (unpaired) electrons. The zero-order chi connectivity index (χ0) is 17.8. The van der Waals surface area contributed by atoms with Gasteiger partial charge < -0.3 is 4.90 Å². The lowest BCUT2D eigenvalue weighted by Crippen LogP contribution is -2.48. The Kier molecular flexibility index (Phi) is 5.11. The largest absolute Gasteiger partial charge is 0.336 e. The second-order valence-corrected chi connectivity index (χ2v) is 6.34. The molecule has 0 N–H and O–H groups in total. The number of nitriles is 1. The van der Waals surface area contributed by atoms with E-state index in [1.54, 1.807) is 24.0 Å². The second-order valence-electron chi connectivity index (χ2n) is 6.34. The van der Waals surface area contributed by atoms with Crippen molar-refractivity contribution in [1.29, 1.82) is 5.26 Å². The standard InChI is InChI=1S/C20H20FN3O/c1-15-2-7-18(12-19(15)21)20(25)24-10-8-23(9-11-24)14-17-5-3-16(13-22)4-6-17/h2-7,12H,8-11,14H2,1H3. The smallest absolute Gasteiger partial charge is 0.254 e. The van der Waals surface area contributed by atoms with Gasteiger partial charge >= 0.3 is 0 Å². The van der Waals surface area contributed by atoms with E-state index in [1.165, 1.54) is 6.07 Å². The molecule has 2 aromatic rings. The zero-order valence-electron chi connectivity index (χ0n) is 14.2. The Labute approximate surface area is 147 Å². The van der Waals surface area contributed by atoms with Crippen LogP contribution in [0.3, 0.4) is 0 Å². The molecule has 0 bridgehead atoms. The molecular weight excluding hydrogens is 317 g/mol. The Bertz CT molecular complexity index is 803. The first kappa shape index (κ1) is 17.1. The highest BCUT2D eigenvalue weighted by Crippen LogP contribution is 2.14. The van der Waals surface area contributed by atoms with Crippen LogP contribution in [-0.4, -0.2) is 41.9 Å². The van der Waals surface area contributed by atoms with Crippen molar-refractivity contribution in [2.24, 2.45) is 0 Å². The number of piperazine rings is 1. The van der Waals surface area contributed by atoms with Crippen LogP contribution in [0, 0.1) is 24.1 Å². The van der Waals surface area contributed by atoms with E-state index in [0.29, 0.717) is 29.8 Å². The quantitative estimate of drug-likeness (QED) is 0.865. The van der Waals surface area contributed by atoms with Crippen LogP contribution in [0.1, 0.15) is 27.0 Å². The molecule has 25 heavy (non-hydrogen) atoms. The normalized spacial score (nSPS) is 15.0. The van der Waals surface area contributed by atoms with E-state index < -0.39 is 0 Å². The number of aryl methyl sites for hydroxylation is 1. The number of hydrogen-bond acceptors (Lipinski definition) is 3. The Balaban J connectivity index is 1.56. The van der Waals surface area contributed by atoms with E-state index in [0.717, 1.165) is 25.2 Å². The van der Waals surface area contributed by atoms with Gasteiger partial charge in [-0.25, -0.2) is 4.39 Å². The maximum Gasteiger partial charge on any atom is 0.254 e. The minimum absolute atomic E-state index is 0.114. The average molecular weight is 337 g/mol. The topological polar surface area (TPSA) is 47.3 Å². The SMILES string of the molecule is Cc1ccc(C(=O)N2CCN(Cc3ccc(C#N)cc3)CC2)cc1F. The number of carbonyl (C=O) groups is 1. The number of benzene rings is 2. The fourth-order valence-corrected chi connectivity index (χ4v) is 2.96. The maximum absolute atomic E-state index is 13.7. The minimum Gasteiger partial charge on any atom is -0.336 e. The van der Waals surface area contributed by atoms with Crippen molar-refractivity contribution < 1.29 is 9.18 Å². The van der Waals surface area contributed by atoms with E-state index in [4.69, 9.17) is 5.26 Å². The van der Waals surface area contributed by atoms with Crippen molar-refractivity contribution in [1.82, 2.24) is 9.80 Å². The summed E-state index contributed by atoms with van der Waals surface area (Å²) >= 11 is 0. The molecule has 2 aromatic carbocycles. The van der Waals surface area contributed by atoms with Crippen LogP contribution in [0.25, 0.3) is 0 Å². The molecule has 0 aliphatic carbocycles. The van der Waals surface area contributed by atoms with Crippen molar-refractivity contribution in [3.8, 4) is 6.07 Å². The van der Waals surface area contributed by atoms with Crippen LogP contribution >= 0.6 is 0 Å². The molecule has 0 saturated carbocycles. The fourth-order valence-electron chi connectivity index (χ4n) is 2.96. The molecule has 5 heteroatoms. The van der Waals surface area contributed by atoms with Crippen LogP contribution in [0.5, 0.6) is 0 Å². The molecule has 1 heterocycles. The molecule has 0 atom stereocenters. The van der Waals surface area contributed by atoms with Crippen LogP contribution in [-0.2, 0) is 6.54 Å². The first-order valence-corrected chi connectivity index (χ1v) is 8.33. The Hall–Kier alpha value is -2.71. The first-order chi connectivity index (χ1) is 12.1. The summed E-state index contributed by atoms with van der Waals surface area (Å²) in [5.74, 6) is -0.456. The van der Waals surface area contributed by atoms with Gasteiger partial charge in [-0.3, -0.25) is 9.69 Å². The third-order valence-corrected chi connectivity index (χ3v) is 4.57. The number of hydrogen-bond donors (Lipinski definition) is 0. The fraction of sp³-hybridized carbons (Fsp3) is 0.300. The van der Waals surface area contributed by atoms with Crippen molar-refractivity contribution in [3.63, 3.8) is 0 Å². The number of amides is 1. The number of rotatable bonds is 3. The lowest BCUT2D eigenvalue weighted by molar-refractivity contribution is 0.0628. The van der Waals surface area contributed by atoms with E-state index in [2.05, 4.69) is 11.0 Å². The monoisotopic (exact) mass is 337 g/mol. The Morgan fingerprint density at radius 3 is 2.40 bits per heavy atom. The molecule has 1 amide bonds. The van der Waals surface area contributed by atoms with Gasteiger partial charge in [0, 0.05) is 38.3 Å². The molecule has 1 aliphatic rings. The number of nitrogens with zero attached hydrogens (tertiary/aromatic N) is 3. The lowest BCUT2D eigenvalue weighted by atomic mass is 10.1. The van der Waals surface area contributed by atoms with Gasteiger partial charge in [-0.2, -0.15) is 5.26 Å².